The molecule has 1 unspecified atom stereocenters. The maximum absolute atomic E-state index is 12.3. The van der Waals surface area contributed by atoms with Gasteiger partial charge in [-0.1, -0.05) is 70.2 Å². The molecule has 2 aromatic carbocycles. The third kappa shape index (κ3) is 4.59. The van der Waals surface area contributed by atoms with Crippen molar-refractivity contribution in [2.75, 3.05) is 5.75 Å². The van der Waals surface area contributed by atoms with Crippen molar-refractivity contribution in [3.05, 3.63) is 64.1 Å². The number of carbonyl (C=O) groups is 1. The molecular weight excluding hydrogens is 424 g/mol. The number of halogens is 1. The lowest BCUT2D eigenvalue weighted by Gasteiger charge is -2.15. The first-order chi connectivity index (χ1) is 13.0. The lowest BCUT2D eigenvalue weighted by Crippen LogP contribution is -2.28. The molecule has 0 aliphatic rings. The van der Waals surface area contributed by atoms with Gasteiger partial charge in [0.1, 0.15) is 0 Å². The first-order valence-electron chi connectivity index (χ1n) is 8.59. The third-order valence-electron chi connectivity index (χ3n) is 4.30. The van der Waals surface area contributed by atoms with Crippen LogP contribution in [0.15, 0.2) is 58.2 Å². The fourth-order valence-corrected chi connectivity index (χ4v) is 4.17. The normalized spacial score (nSPS) is 12.0. The Morgan fingerprint density at radius 1 is 1.19 bits per heavy atom. The Morgan fingerprint density at radius 3 is 2.63 bits per heavy atom. The van der Waals surface area contributed by atoms with E-state index in [9.17, 15) is 4.79 Å². The summed E-state index contributed by atoms with van der Waals surface area (Å²) in [6.45, 7) is 4.02. The second kappa shape index (κ2) is 8.71. The number of aryl methyl sites for hydroxylation is 1. The molecule has 0 radical (unpaired) electrons. The summed E-state index contributed by atoms with van der Waals surface area (Å²) in [5.74, 6) is 1.05. The van der Waals surface area contributed by atoms with Gasteiger partial charge < -0.3 is 9.88 Å². The Hall–Kier alpha value is -2.12. The van der Waals surface area contributed by atoms with Crippen LogP contribution in [0, 0.1) is 6.92 Å². The smallest absolute Gasteiger partial charge is 0.230 e. The molecule has 1 amide bonds. The minimum atomic E-state index is -0.0734. The van der Waals surface area contributed by atoms with E-state index in [1.54, 1.807) is 0 Å². The summed E-state index contributed by atoms with van der Waals surface area (Å²) >= 11 is 4.91. The van der Waals surface area contributed by atoms with E-state index < -0.39 is 0 Å². The summed E-state index contributed by atoms with van der Waals surface area (Å²) in [7, 11) is 1.92. The molecule has 0 aliphatic heterocycles. The Labute approximate surface area is 171 Å². The minimum Gasteiger partial charge on any atom is -0.349 e. The minimum absolute atomic E-state index is 0.0382. The average molecular weight is 445 g/mol. The first-order valence-corrected chi connectivity index (χ1v) is 10.4. The van der Waals surface area contributed by atoms with E-state index in [-0.39, 0.29) is 17.7 Å². The predicted molar refractivity (Wildman–Crippen MR) is 113 cm³/mol. The molecule has 7 heteroatoms. The first kappa shape index (κ1) is 19.6. The highest BCUT2D eigenvalue weighted by Crippen LogP contribution is 2.26. The van der Waals surface area contributed by atoms with Gasteiger partial charge >= 0.3 is 0 Å². The van der Waals surface area contributed by atoms with Gasteiger partial charge in [-0.3, -0.25) is 4.79 Å². The van der Waals surface area contributed by atoms with Crippen molar-refractivity contribution in [1.82, 2.24) is 20.1 Å². The van der Waals surface area contributed by atoms with Gasteiger partial charge in [0.25, 0.3) is 0 Å². The van der Waals surface area contributed by atoms with Gasteiger partial charge in [0.15, 0.2) is 11.0 Å². The van der Waals surface area contributed by atoms with E-state index in [0.29, 0.717) is 0 Å². The summed E-state index contributed by atoms with van der Waals surface area (Å²) in [6, 6.07) is 15.9. The lowest BCUT2D eigenvalue weighted by atomic mass is 10.1. The van der Waals surface area contributed by atoms with Crippen molar-refractivity contribution >= 4 is 33.6 Å². The number of aromatic nitrogens is 3. The molecule has 0 bridgehead atoms. The highest BCUT2D eigenvalue weighted by molar-refractivity contribution is 9.10. The van der Waals surface area contributed by atoms with Gasteiger partial charge in [-0.15, -0.1) is 10.2 Å². The largest absolute Gasteiger partial charge is 0.349 e. The number of hydrogen-bond donors (Lipinski definition) is 1. The zero-order valence-corrected chi connectivity index (χ0v) is 17.8. The van der Waals surface area contributed by atoms with Gasteiger partial charge in [0.05, 0.1) is 11.8 Å². The van der Waals surface area contributed by atoms with Crippen molar-refractivity contribution in [2.45, 2.75) is 25.0 Å². The monoisotopic (exact) mass is 444 g/mol. The van der Waals surface area contributed by atoms with Crippen molar-refractivity contribution < 1.29 is 4.79 Å². The molecule has 1 heterocycles. The van der Waals surface area contributed by atoms with Gasteiger partial charge in [-0.25, -0.2) is 0 Å². The fraction of sp³-hybridized carbons (Fsp3) is 0.250. The van der Waals surface area contributed by atoms with E-state index in [1.807, 2.05) is 74.0 Å². The van der Waals surface area contributed by atoms with Crippen LogP contribution in [-0.4, -0.2) is 26.4 Å². The molecule has 1 atom stereocenters. The van der Waals surface area contributed by atoms with Gasteiger partial charge in [-0.2, -0.15) is 0 Å². The van der Waals surface area contributed by atoms with E-state index in [1.165, 1.54) is 11.8 Å². The second-order valence-corrected chi connectivity index (χ2v) is 8.08. The fourth-order valence-electron chi connectivity index (χ4n) is 2.82. The molecular formula is C20H21BrN4OS. The van der Waals surface area contributed by atoms with Crippen LogP contribution in [0.25, 0.3) is 11.4 Å². The number of hydrogen-bond acceptors (Lipinski definition) is 4. The number of nitrogens with one attached hydrogen (secondary N) is 1. The highest BCUT2D eigenvalue weighted by atomic mass is 79.9. The predicted octanol–water partition coefficient (Wildman–Crippen LogP) is 4.52. The Kier molecular flexibility index (Phi) is 6.34. The van der Waals surface area contributed by atoms with Crippen molar-refractivity contribution in [1.29, 1.82) is 0 Å². The number of thioether (sulfide) groups is 1. The van der Waals surface area contributed by atoms with Crippen molar-refractivity contribution in [2.24, 2.45) is 7.05 Å². The molecule has 0 spiro atoms. The molecule has 0 saturated carbocycles. The quantitative estimate of drug-likeness (QED) is 0.567. The Bertz CT molecular complexity index is 957. The zero-order chi connectivity index (χ0) is 19.4. The van der Waals surface area contributed by atoms with Crippen LogP contribution in [0.1, 0.15) is 24.1 Å². The second-order valence-electron chi connectivity index (χ2n) is 6.28. The number of rotatable bonds is 6. The van der Waals surface area contributed by atoms with Gasteiger partial charge in [0.2, 0.25) is 5.91 Å². The summed E-state index contributed by atoms with van der Waals surface area (Å²) in [5.41, 5.74) is 3.24. The molecule has 5 nitrogen and oxygen atoms in total. The maximum atomic E-state index is 12.3. The number of benzene rings is 2. The van der Waals surface area contributed by atoms with Crippen LogP contribution < -0.4 is 5.32 Å². The van der Waals surface area contributed by atoms with Crippen LogP contribution in [0.4, 0.5) is 0 Å². The molecule has 1 N–H and O–H groups in total. The third-order valence-corrected chi connectivity index (χ3v) is 6.04. The summed E-state index contributed by atoms with van der Waals surface area (Å²) < 4.78 is 2.92. The van der Waals surface area contributed by atoms with Crippen LogP contribution in [0.3, 0.4) is 0 Å². The van der Waals surface area contributed by atoms with E-state index >= 15 is 0 Å². The highest BCUT2D eigenvalue weighted by Gasteiger charge is 2.16. The molecule has 0 aliphatic carbocycles. The van der Waals surface area contributed by atoms with E-state index in [0.717, 1.165) is 32.1 Å². The van der Waals surface area contributed by atoms with Crippen LogP contribution in [0.5, 0.6) is 0 Å². The molecule has 0 fully saturated rings. The van der Waals surface area contributed by atoms with Crippen LogP contribution in [0.2, 0.25) is 0 Å². The van der Waals surface area contributed by atoms with Gasteiger partial charge in [0, 0.05) is 17.1 Å². The Morgan fingerprint density at radius 2 is 1.89 bits per heavy atom. The van der Waals surface area contributed by atoms with E-state index in [4.69, 9.17) is 0 Å². The van der Waals surface area contributed by atoms with E-state index in [2.05, 4.69) is 31.4 Å². The molecule has 3 aromatic rings. The maximum Gasteiger partial charge on any atom is 0.230 e. The summed E-state index contributed by atoms with van der Waals surface area (Å²) in [5, 5.41) is 12.3. The molecule has 1 aromatic heterocycles. The number of carbonyl (C=O) groups excluding carboxylic acids is 1. The summed E-state index contributed by atoms with van der Waals surface area (Å²) in [4.78, 5) is 12.3. The topological polar surface area (TPSA) is 59.8 Å². The number of amides is 1. The SMILES string of the molecule is Cc1ccccc1-c1nnc(SCC(=O)NC(C)c2ccccc2Br)n1C. The van der Waals surface area contributed by atoms with Crippen LogP contribution >= 0.6 is 27.7 Å². The van der Waals surface area contributed by atoms with Crippen LogP contribution in [-0.2, 0) is 11.8 Å². The standard InChI is InChI=1S/C20H21BrN4OS/c1-13-8-4-5-9-15(13)19-23-24-20(25(19)3)27-12-18(26)22-14(2)16-10-6-7-11-17(16)21/h4-11,14H,12H2,1-3H3,(H,22,26). The lowest BCUT2D eigenvalue weighted by molar-refractivity contribution is -0.119. The average Bonchev–Trinajstić information content (AvgIpc) is 3.01. The molecule has 3 rings (SSSR count). The molecule has 0 saturated heterocycles. The van der Waals surface area contributed by atoms with Crippen molar-refractivity contribution in [3.8, 4) is 11.4 Å². The van der Waals surface area contributed by atoms with Crippen molar-refractivity contribution in [3.63, 3.8) is 0 Å². The number of nitrogens with zero attached hydrogens (tertiary/aromatic N) is 3. The molecule has 27 heavy (non-hydrogen) atoms. The van der Waals surface area contributed by atoms with Gasteiger partial charge in [-0.05, 0) is 31.0 Å². The summed E-state index contributed by atoms with van der Waals surface area (Å²) in [6.07, 6.45) is 0. The Balaban J connectivity index is 1.63. The zero-order valence-electron chi connectivity index (χ0n) is 15.4. The molecule has 140 valence electrons.